The molecule has 0 aliphatic rings. The summed E-state index contributed by atoms with van der Waals surface area (Å²) >= 11 is 0. The maximum absolute atomic E-state index is 5.89. The molecule has 0 atom stereocenters. The van der Waals surface area contributed by atoms with Crippen LogP contribution in [0.5, 0.6) is 0 Å². The van der Waals surface area contributed by atoms with E-state index >= 15 is 0 Å². The van der Waals surface area contributed by atoms with Crippen LogP contribution in [0.25, 0.3) is 0 Å². The predicted molar refractivity (Wildman–Crippen MR) is 75.5 cm³/mol. The SMILES string of the molecule is CCCc1c(CCc2ccccc2)nc(N)n1C. The number of rotatable bonds is 5. The first kappa shape index (κ1) is 12.7. The summed E-state index contributed by atoms with van der Waals surface area (Å²) in [5.74, 6) is 0.626. The molecule has 18 heavy (non-hydrogen) atoms. The Morgan fingerprint density at radius 2 is 1.83 bits per heavy atom. The fourth-order valence-corrected chi connectivity index (χ4v) is 2.27. The minimum Gasteiger partial charge on any atom is -0.369 e. The van der Waals surface area contributed by atoms with Crippen LogP contribution in [-0.4, -0.2) is 9.55 Å². The van der Waals surface area contributed by atoms with E-state index in [1.807, 2.05) is 17.7 Å². The highest BCUT2D eigenvalue weighted by Gasteiger charge is 2.11. The number of nitrogens with zero attached hydrogens (tertiary/aromatic N) is 2. The molecule has 1 aromatic carbocycles. The van der Waals surface area contributed by atoms with Gasteiger partial charge in [0.1, 0.15) is 0 Å². The third-order valence-corrected chi connectivity index (χ3v) is 3.31. The monoisotopic (exact) mass is 243 g/mol. The van der Waals surface area contributed by atoms with Gasteiger partial charge in [0.2, 0.25) is 0 Å². The van der Waals surface area contributed by atoms with E-state index in [0.717, 1.165) is 31.4 Å². The highest BCUT2D eigenvalue weighted by Crippen LogP contribution is 2.16. The van der Waals surface area contributed by atoms with Gasteiger partial charge in [0.15, 0.2) is 5.95 Å². The lowest BCUT2D eigenvalue weighted by Gasteiger charge is -2.05. The molecule has 1 heterocycles. The number of hydrogen-bond donors (Lipinski definition) is 1. The van der Waals surface area contributed by atoms with Gasteiger partial charge in [-0.15, -0.1) is 0 Å². The molecular formula is C15H21N3. The van der Waals surface area contributed by atoms with Crippen LogP contribution in [0.3, 0.4) is 0 Å². The summed E-state index contributed by atoms with van der Waals surface area (Å²) in [6.07, 6.45) is 4.15. The van der Waals surface area contributed by atoms with E-state index in [1.54, 1.807) is 0 Å². The van der Waals surface area contributed by atoms with Gasteiger partial charge >= 0.3 is 0 Å². The smallest absolute Gasteiger partial charge is 0.200 e. The van der Waals surface area contributed by atoms with Gasteiger partial charge in [-0.1, -0.05) is 43.7 Å². The summed E-state index contributed by atoms with van der Waals surface area (Å²) in [7, 11) is 2.00. The lowest BCUT2D eigenvalue weighted by Crippen LogP contribution is -2.02. The highest BCUT2D eigenvalue weighted by molar-refractivity contribution is 5.30. The van der Waals surface area contributed by atoms with Crippen LogP contribution in [0.4, 0.5) is 5.95 Å². The number of aromatic nitrogens is 2. The Hall–Kier alpha value is -1.77. The number of anilines is 1. The van der Waals surface area contributed by atoms with Crippen molar-refractivity contribution >= 4 is 5.95 Å². The van der Waals surface area contributed by atoms with Crippen molar-refractivity contribution in [1.29, 1.82) is 0 Å². The summed E-state index contributed by atoms with van der Waals surface area (Å²) in [4.78, 5) is 4.48. The average Bonchev–Trinajstić information content (AvgIpc) is 2.66. The molecule has 3 nitrogen and oxygen atoms in total. The molecule has 96 valence electrons. The molecule has 0 saturated heterocycles. The quantitative estimate of drug-likeness (QED) is 0.877. The molecule has 2 rings (SSSR count). The number of benzene rings is 1. The van der Waals surface area contributed by atoms with Crippen molar-refractivity contribution in [3.8, 4) is 0 Å². The zero-order valence-corrected chi connectivity index (χ0v) is 11.2. The van der Waals surface area contributed by atoms with Gasteiger partial charge in [-0.3, -0.25) is 0 Å². The van der Waals surface area contributed by atoms with E-state index in [4.69, 9.17) is 5.73 Å². The summed E-state index contributed by atoms with van der Waals surface area (Å²) in [5, 5.41) is 0. The largest absolute Gasteiger partial charge is 0.369 e. The lowest BCUT2D eigenvalue weighted by atomic mass is 10.1. The summed E-state index contributed by atoms with van der Waals surface area (Å²) in [6, 6.07) is 10.5. The summed E-state index contributed by atoms with van der Waals surface area (Å²) in [5.41, 5.74) is 9.68. The van der Waals surface area contributed by atoms with Crippen molar-refractivity contribution in [2.45, 2.75) is 32.6 Å². The summed E-state index contributed by atoms with van der Waals surface area (Å²) < 4.78 is 2.02. The normalized spacial score (nSPS) is 10.8. The van der Waals surface area contributed by atoms with Crippen LogP contribution in [-0.2, 0) is 26.3 Å². The molecule has 0 aliphatic heterocycles. The van der Waals surface area contributed by atoms with Gasteiger partial charge in [-0.05, 0) is 24.8 Å². The lowest BCUT2D eigenvalue weighted by molar-refractivity contribution is 0.773. The second-order valence-electron chi connectivity index (χ2n) is 4.66. The van der Waals surface area contributed by atoms with Gasteiger partial charge in [0, 0.05) is 12.7 Å². The van der Waals surface area contributed by atoms with Gasteiger partial charge in [-0.2, -0.15) is 0 Å². The van der Waals surface area contributed by atoms with E-state index in [9.17, 15) is 0 Å². The molecule has 2 aromatic rings. The van der Waals surface area contributed by atoms with Crippen LogP contribution in [0.15, 0.2) is 30.3 Å². The molecule has 3 heteroatoms. The fourth-order valence-electron chi connectivity index (χ4n) is 2.27. The third kappa shape index (κ3) is 2.73. The molecule has 0 fully saturated rings. The van der Waals surface area contributed by atoms with Crippen molar-refractivity contribution in [2.75, 3.05) is 5.73 Å². The molecule has 0 amide bonds. The van der Waals surface area contributed by atoms with E-state index in [-0.39, 0.29) is 0 Å². The first-order valence-electron chi connectivity index (χ1n) is 6.56. The zero-order chi connectivity index (χ0) is 13.0. The second kappa shape index (κ2) is 5.71. The van der Waals surface area contributed by atoms with E-state index in [1.165, 1.54) is 11.3 Å². The van der Waals surface area contributed by atoms with Gasteiger partial charge < -0.3 is 10.3 Å². The first-order chi connectivity index (χ1) is 8.72. The van der Waals surface area contributed by atoms with Gasteiger partial charge in [0.25, 0.3) is 0 Å². The van der Waals surface area contributed by atoms with Crippen molar-refractivity contribution in [3.63, 3.8) is 0 Å². The topological polar surface area (TPSA) is 43.8 Å². The minimum atomic E-state index is 0.626. The molecule has 0 aliphatic carbocycles. The van der Waals surface area contributed by atoms with Gasteiger partial charge in [-0.25, -0.2) is 4.98 Å². The number of imidazole rings is 1. The zero-order valence-electron chi connectivity index (χ0n) is 11.2. The van der Waals surface area contributed by atoms with Crippen molar-refractivity contribution in [3.05, 3.63) is 47.3 Å². The third-order valence-electron chi connectivity index (χ3n) is 3.31. The van der Waals surface area contributed by atoms with E-state index in [2.05, 4.69) is 36.2 Å². The molecular weight excluding hydrogens is 222 g/mol. The minimum absolute atomic E-state index is 0.626. The molecule has 1 aromatic heterocycles. The van der Waals surface area contributed by atoms with Crippen molar-refractivity contribution in [1.82, 2.24) is 9.55 Å². The summed E-state index contributed by atoms with van der Waals surface area (Å²) in [6.45, 7) is 2.18. The van der Waals surface area contributed by atoms with E-state index < -0.39 is 0 Å². The van der Waals surface area contributed by atoms with Crippen LogP contribution in [0.1, 0.15) is 30.3 Å². The number of aryl methyl sites for hydroxylation is 2. The van der Waals surface area contributed by atoms with E-state index in [0.29, 0.717) is 5.95 Å². The Morgan fingerprint density at radius 1 is 1.11 bits per heavy atom. The molecule has 0 radical (unpaired) electrons. The Labute approximate surface area is 109 Å². The Bertz CT molecular complexity index is 500. The predicted octanol–water partition coefficient (Wildman–Crippen LogP) is 2.74. The average molecular weight is 243 g/mol. The van der Waals surface area contributed by atoms with Crippen LogP contribution >= 0.6 is 0 Å². The fraction of sp³-hybridized carbons (Fsp3) is 0.400. The molecule has 2 N–H and O–H groups in total. The van der Waals surface area contributed by atoms with Crippen LogP contribution in [0, 0.1) is 0 Å². The Morgan fingerprint density at radius 3 is 2.50 bits per heavy atom. The van der Waals surface area contributed by atoms with Crippen molar-refractivity contribution in [2.24, 2.45) is 7.05 Å². The maximum Gasteiger partial charge on any atom is 0.200 e. The number of nitrogen functional groups attached to an aromatic ring is 1. The molecule has 0 saturated carbocycles. The molecule has 0 bridgehead atoms. The number of hydrogen-bond acceptors (Lipinski definition) is 2. The Balaban J connectivity index is 2.11. The molecule has 0 unspecified atom stereocenters. The number of nitrogens with two attached hydrogens (primary N) is 1. The standard InChI is InChI=1S/C15H21N3/c1-3-7-14-13(17-15(16)18(14)2)11-10-12-8-5-4-6-9-12/h4-6,8-9H,3,7,10-11H2,1-2H3,(H2,16,17). The van der Waals surface area contributed by atoms with Gasteiger partial charge in [0.05, 0.1) is 5.69 Å². The maximum atomic E-state index is 5.89. The van der Waals surface area contributed by atoms with Crippen LogP contribution < -0.4 is 5.73 Å². The highest BCUT2D eigenvalue weighted by atomic mass is 15.1. The first-order valence-corrected chi connectivity index (χ1v) is 6.56. The van der Waals surface area contributed by atoms with Crippen molar-refractivity contribution < 1.29 is 0 Å². The second-order valence-corrected chi connectivity index (χ2v) is 4.66. The van der Waals surface area contributed by atoms with Crippen LogP contribution in [0.2, 0.25) is 0 Å². The molecule has 0 spiro atoms. The Kier molecular flexibility index (Phi) is 4.03.